The normalized spacial score (nSPS) is 11.6. The standard InChI is InChI=1S/C9H6Cl4O3S/c1-17(15,16)3-6(14)7-4(10)2-5(11)8(12)9(7)13/h2H,3H2,1H3. The number of ketones is 1. The van der Waals surface area contributed by atoms with E-state index >= 15 is 0 Å². The quantitative estimate of drug-likeness (QED) is 0.482. The second-order valence-electron chi connectivity index (χ2n) is 3.34. The monoisotopic (exact) mass is 334 g/mol. The maximum atomic E-state index is 11.7. The number of benzene rings is 1. The summed E-state index contributed by atoms with van der Waals surface area (Å²) in [5, 5.41) is -0.108. The summed E-state index contributed by atoms with van der Waals surface area (Å²) in [6.07, 6.45) is 0.935. The van der Waals surface area contributed by atoms with Crippen LogP contribution in [0.15, 0.2) is 6.07 Å². The molecule has 0 spiro atoms. The Bertz CT molecular complexity index is 580. The number of hydrogen-bond donors (Lipinski definition) is 0. The lowest BCUT2D eigenvalue weighted by Gasteiger charge is -2.08. The molecule has 0 N–H and O–H groups in total. The van der Waals surface area contributed by atoms with E-state index in [1.54, 1.807) is 0 Å². The van der Waals surface area contributed by atoms with Gasteiger partial charge >= 0.3 is 0 Å². The molecule has 0 saturated carbocycles. The Morgan fingerprint density at radius 3 is 2.12 bits per heavy atom. The Balaban J connectivity index is 3.33. The zero-order valence-corrected chi connectivity index (χ0v) is 12.3. The van der Waals surface area contributed by atoms with Crippen LogP contribution in [-0.2, 0) is 9.84 Å². The molecule has 0 bridgehead atoms. The van der Waals surface area contributed by atoms with E-state index in [1.807, 2.05) is 0 Å². The second-order valence-corrected chi connectivity index (χ2v) is 7.05. The summed E-state index contributed by atoms with van der Waals surface area (Å²) in [6.45, 7) is 0. The van der Waals surface area contributed by atoms with E-state index in [2.05, 4.69) is 0 Å². The number of carbonyl (C=O) groups excluding carboxylic acids is 1. The summed E-state index contributed by atoms with van der Waals surface area (Å²) in [5.74, 6) is -1.41. The number of Topliss-reactive ketones (excluding diaryl/α,β-unsaturated/α-hetero) is 1. The molecule has 0 saturated heterocycles. The number of hydrogen-bond acceptors (Lipinski definition) is 3. The summed E-state index contributed by atoms with van der Waals surface area (Å²) < 4.78 is 22.0. The van der Waals surface area contributed by atoms with Gasteiger partial charge in [-0.05, 0) is 6.07 Å². The minimum atomic E-state index is -3.47. The van der Waals surface area contributed by atoms with Gasteiger partial charge < -0.3 is 0 Å². The first kappa shape index (κ1) is 15.1. The molecule has 1 rings (SSSR count). The molecule has 0 unspecified atom stereocenters. The van der Waals surface area contributed by atoms with Gasteiger partial charge in [-0.3, -0.25) is 4.79 Å². The van der Waals surface area contributed by atoms with Crippen LogP contribution in [0.2, 0.25) is 20.1 Å². The van der Waals surface area contributed by atoms with Crippen LogP contribution in [0, 0.1) is 0 Å². The highest BCUT2D eigenvalue weighted by Gasteiger charge is 2.22. The van der Waals surface area contributed by atoms with Gasteiger partial charge in [-0.1, -0.05) is 46.4 Å². The first-order valence-corrected chi connectivity index (χ1v) is 7.74. The molecule has 1 aromatic carbocycles. The molecule has 0 aliphatic rings. The smallest absolute Gasteiger partial charge is 0.180 e. The first-order chi connectivity index (χ1) is 7.63. The summed E-state index contributed by atoms with van der Waals surface area (Å²) in [4.78, 5) is 11.7. The van der Waals surface area contributed by atoms with Crippen molar-refractivity contribution in [3.8, 4) is 0 Å². The van der Waals surface area contributed by atoms with Gasteiger partial charge in [0, 0.05) is 6.26 Å². The molecule has 17 heavy (non-hydrogen) atoms. The van der Waals surface area contributed by atoms with Crippen molar-refractivity contribution >= 4 is 62.0 Å². The highest BCUT2D eigenvalue weighted by Crippen LogP contribution is 2.37. The fourth-order valence-electron chi connectivity index (χ4n) is 1.13. The Morgan fingerprint density at radius 1 is 1.12 bits per heavy atom. The predicted molar refractivity (Wildman–Crippen MR) is 70.5 cm³/mol. The van der Waals surface area contributed by atoms with Crippen LogP contribution in [0.5, 0.6) is 0 Å². The molecule has 3 nitrogen and oxygen atoms in total. The fraction of sp³-hybridized carbons (Fsp3) is 0.222. The molecule has 0 aliphatic heterocycles. The van der Waals surface area contributed by atoms with E-state index in [4.69, 9.17) is 46.4 Å². The Morgan fingerprint density at radius 2 is 1.65 bits per heavy atom. The van der Waals surface area contributed by atoms with Crippen molar-refractivity contribution in [2.45, 2.75) is 0 Å². The number of sulfone groups is 1. The van der Waals surface area contributed by atoms with Crippen molar-refractivity contribution in [2.75, 3.05) is 12.0 Å². The van der Waals surface area contributed by atoms with Gasteiger partial charge in [0.1, 0.15) is 5.75 Å². The van der Waals surface area contributed by atoms with Crippen LogP contribution >= 0.6 is 46.4 Å². The minimum Gasteiger partial charge on any atom is -0.293 e. The Labute approximate surface area is 119 Å². The fourth-order valence-corrected chi connectivity index (χ4v) is 2.88. The summed E-state index contributed by atoms with van der Waals surface area (Å²) in [7, 11) is -3.47. The second kappa shape index (κ2) is 5.33. The minimum absolute atomic E-state index is 0.0296. The van der Waals surface area contributed by atoms with Crippen LogP contribution < -0.4 is 0 Å². The van der Waals surface area contributed by atoms with E-state index in [9.17, 15) is 13.2 Å². The number of carbonyl (C=O) groups is 1. The van der Waals surface area contributed by atoms with E-state index in [-0.39, 0.29) is 25.7 Å². The van der Waals surface area contributed by atoms with Crippen molar-refractivity contribution in [3.05, 3.63) is 31.7 Å². The lowest BCUT2D eigenvalue weighted by molar-refractivity contribution is 0.102. The molecular formula is C9H6Cl4O3S. The zero-order chi connectivity index (χ0) is 13.4. The molecule has 0 aromatic heterocycles. The predicted octanol–water partition coefficient (Wildman–Crippen LogP) is 3.53. The van der Waals surface area contributed by atoms with Crippen LogP contribution in [0.3, 0.4) is 0 Å². The van der Waals surface area contributed by atoms with Gasteiger partial charge in [0.15, 0.2) is 15.6 Å². The average molecular weight is 336 g/mol. The molecule has 0 amide bonds. The van der Waals surface area contributed by atoms with Crippen LogP contribution in [-0.4, -0.2) is 26.2 Å². The van der Waals surface area contributed by atoms with E-state index in [0.717, 1.165) is 6.26 Å². The summed E-state index contributed by atoms with van der Waals surface area (Å²) in [6, 6.07) is 1.24. The molecule has 0 fully saturated rings. The SMILES string of the molecule is CS(=O)(=O)CC(=O)c1c(Cl)cc(Cl)c(Cl)c1Cl. The average Bonchev–Trinajstić information content (AvgIpc) is 2.11. The summed E-state index contributed by atoms with van der Waals surface area (Å²) in [5.41, 5.74) is -0.131. The Hall–Kier alpha value is -0.000000000000000167. The molecule has 0 aliphatic carbocycles. The zero-order valence-electron chi connectivity index (χ0n) is 8.43. The largest absolute Gasteiger partial charge is 0.293 e. The topological polar surface area (TPSA) is 51.2 Å². The molecule has 0 heterocycles. The maximum Gasteiger partial charge on any atom is 0.180 e. The third kappa shape index (κ3) is 3.73. The molecule has 1 aromatic rings. The number of halogens is 4. The van der Waals surface area contributed by atoms with Crippen molar-refractivity contribution in [3.63, 3.8) is 0 Å². The molecular weight excluding hydrogens is 330 g/mol. The van der Waals surface area contributed by atoms with Gasteiger partial charge in [-0.25, -0.2) is 8.42 Å². The molecule has 0 atom stereocenters. The van der Waals surface area contributed by atoms with Gasteiger partial charge in [0.05, 0.1) is 25.7 Å². The maximum absolute atomic E-state index is 11.7. The third-order valence-corrected chi connectivity index (χ3v) is 4.13. The van der Waals surface area contributed by atoms with Crippen LogP contribution in [0.1, 0.15) is 10.4 Å². The van der Waals surface area contributed by atoms with E-state index < -0.39 is 21.4 Å². The van der Waals surface area contributed by atoms with Crippen molar-refractivity contribution < 1.29 is 13.2 Å². The Kier molecular flexibility index (Phi) is 4.72. The molecule has 94 valence electrons. The number of rotatable bonds is 3. The van der Waals surface area contributed by atoms with Gasteiger partial charge in [0.25, 0.3) is 0 Å². The molecule has 8 heteroatoms. The van der Waals surface area contributed by atoms with Crippen LogP contribution in [0.25, 0.3) is 0 Å². The summed E-state index contributed by atoms with van der Waals surface area (Å²) >= 11 is 23.0. The van der Waals surface area contributed by atoms with Crippen molar-refractivity contribution in [1.29, 1.82) is 0 Å². The third-order valence-electron chi connectivity index (χ3n) is 1.79. The van der Waals surface area contributed by atoms with Gasteiger partial charge in [-0.15, -0.1) is 0 Å². The van der Waals surface area contributed by atoms with E-state index in [0.29, 0.717) is 0 Å². The lowest BCUT2D eigenvalue weighted by atomic mass is 10.1. The van der Waals surface area contributed by atoms with Gasteiger partial charge in [-0.2, -0.15) is 0 Å². The lowest BCUT2D eigenvalue weighted by Crippen LogP contribution is -2.15. The van der Waals surface area contributed by atoms with E-state index in [1.165, 1.54) is 6.07 Å². The van der Waals surface area contributed by atoms with Gasteiger partial charge in [0.2, 0.25) is 0 Å². The highest BCUT2D eigenvalue weighted by atomic mass is 35.5. The highest BCUT2D eigenvalue weighted by molar-refractivity contribution is 7.91. The molecule has 0 radical (unpaired) electrons. The van der Waals surface area contributed by atoms with Crippen LogP contribution in [0.4, 0.5) is 0 Å². The first-order valence-electron chi connectivity index (χ1n) is 4.17. The van der Waals surface area contributed by atoms with Crippen molar-refractivity contribution in [2.24, 2.45) is 0 Å². The van der Waals surface area contributed by atoms with Crippen molar-refractivity contribution in [1.82, 2.24) is 0 Å².